The van der Waals surface area contributed by atoms with E-state index in [2.05, 4.69) is 5.32 Å². The average Bonchev–Trinajstić information content (AvgIpc) is 2.35. The molecule has 3 nitrogen and oxygen atoms in total. The average molecular weight is 232 g/mol. The first kappa shape index (κ1) is 11.3. The Morgan fingerprint density at radius 1 is 1.12 bits per heavy atom. The normalized spacial score (nSPS) is 10.0. The van der Waals surface area contributed by atoms with Gasteiger partial charge >= 0.3 is 0 Å². The number of benzene rings is 2. The Hall–Kier alpha value is -2.23. The Kier molecular flexibility index (Phi) is 3.14. The number of nitrogens with one attached hydrogen (secondary N) is 1. The molecule has 0 aliphatic carbocycles. The molecule has 2 rings (SSSR count). The van der Waals surface area contributed by atoms with Gasteiger partial charge in [0.2, 0.25) is 0 Å². The molecule has 0 aliphatic heterocycles. The molecule has 0 radical (unpaired) electrons. The number of nitrogen functional groups attached to an aromatic ring is 1. The number of halogens is 1. The monoisotopic (exact) mass is 232 g/mol. The maximum atomic E-state index is 13.5. The molecule has 0 saturated heterocycles. The highest BCUT2D eigenvalue weighted by molar-refractivity contribution is 5.74. The zero-order chi connectivity index (χ0) is 12.3. The van der Waals surface area contributed by atoms with Crippen molar-refractivity contribution in [2.24, 2.45) is 0 Å². The second-order valence-electron chi connectivity index (χ2n) is 3.56. The smallest absolute Gasteiger partial charge is 0.146 e. The number of hydrogen-bond acceptors (Lipinski definition) is 3. The second kappa shape index (κ2) is 4.74. The lowest BCUT2D eigenvalue weighted by Gasteiger charge is -2.11. The fourth-order valence-corrected chi connectivity index (χ4v) is 1.48. The first-order valence-electron chi connectivity index (χ1n) is 5.16. The van der Waals surface area contributed by atoms with Crippen molar-refractivity contribution in [3.63, 3.8) is 0 Å². The van der Waals surface area contributed by atoms with Gasteiger partial charge in [-0.3, -0.25) is 0 Å². The number of rotatable bonds is 3. The number of nitrogens with two attached hydrogens (primary N) is 1. The summed E-state index contributed by atoms with van der Waals surface area (Å²) >= 11 is 0. The van der Waals surface area contributed by atoms with Crippen LogP contribution in [0.2, 0.25) is 0 Å². The number of anilines is 3. The predicted molar refractivity (Wildman–Crippen MR) is 67.1 cm³/mol. The lowest BCUT2D eigenvalue weighted by atomic mass is 10.2. The molecule has 0 bridgehead atoms. The fourth-order valence-electron chi connectivity index (χ4n) is 1.48. The first-order chi connectivity index (χ1) is 8.20. The van der Waals surface area contributed by atoms with Gasteiger partial charge in [-0.15, -0.1) is 0 Å². The molecule has 0 saturated carbocycles. The molecular formula is C13H13FN2O. The third kappa shape index (κ3) is 2.47. The Balaban J connectivity index is 2.32. The van der Waals surface area contributed by atoms with E-state index in [1.807, 2.05) is 0 Å². The number of ether oxygens (including phenoxy) is 1. The third-order valence-corrected chi connectivity index (χ3v) is 2.40. The molecule has 0 unspecified atom stereocenters. The van der Waals surface area contributed by atoms with Crippen LogP contribution in [-0.4, -0.2) is 7.11 Å². The highest BCUT2D eigenvalue weighted by Crippen LogP contribution is 2.28. The number of methoxy groups -OCH3 is 1. The standard InChI is InChI=1S/C13H13FN2O/c1-17-9-6-7-11(15)13(8-9)16-12-5-3-2-4-10(12)14/h2-8,16H,15H2,1H3. The van der Waals surface area contributed by atoms with Gasteiger partial charge in [0.1, 0.15) is 11.6 Å². The Bertz CT molecular complexity index is 529. The van der Waals surface area contributed by atoms with Crippen LogP contribution < -0.4 is 15.8 Å². The van der Waals surface area contributed by atoms with Gasteiger partial charge in [0.05, 0.1) is 24.2 Å². The van der Waals surface area contributed by atoms with Gasteiger partial charge in [-0.25, -0.2) is 4.39 Å². The zero-order valence-corrected chi connectivity index (χ0v) is 9.41. The SMILES string of the molecule is COc1ccc(N)c(Nc2ccccc2F)c1. The summed E-state index contributed by atoms with van der Waals surface area (Å²) in [5.74, 6) is 0.341. The predicted octanol–water partition coefficient (Wildman–Crippen LogP) is 3.16. The van der Waals surface area contributed by atoms with Crippen LogP contribution in [0.4, 0.5) is 21.5 Å². The van der Waals surface area contributed by atoms with Gasteiger partial charge in [0, 0.05) is 6.07 Å². The summed E-state index contributed by atoms with van der Waals surface area (Å²) < 4.78 is 18.5. The first-order valence-corrected chi connectivity index (χ1v) is 5.16. The van der Waals surface area contributed by atoms with Crippen molar-refractivity contribution in [1.29, 1.82) is 0 Å². The van der Waals surface area contributed by atoms with E-state index < -0.39 is 0 Å². The molecule has 3 N–H and O–H groups in total. The molecule has 2 aromatic carbocycles. The van der Waals surface area contributed by atoms with Crippen LogP contribution in [0.3, 0.4) is 0 Å². The summed E-state index contributed by atoms with van der Waals surface area (Å²) in [4.78, 5) is 0. The summed E-state index contributed by atoms with van der Waals surface area (Å²) in [5.41, 5.74) is 7.34. The quantitative estimate of drug-likeness (QED) is 0.799. The Morgan fingerprint density at radius 3 is 2.59 bits per heavy atom. The molecule has 0 aliphatic rings. The molecular weight excluding hydrogens is 219 g/mol. The summed E-state index contributed by atoms with van der Waals surface area (Å²) in [6.45, 7) is 0. The molecule has 0 aromatic heterocycles. The van der Waals surface area contributed by atoms with Crippen LogP contribution in [0.25, 0.3) is 0 Å². The van der Waals surface area contributed by atoms with Crippen LogP contribution in [-0.2, 0) is 0 Å². The van der Waals surface area contributed by atoms with E-state index in [0.717, 1.165) is 0 Å². The number of hydrogen-bond donors (Lipinski definition) is 2. The molecule has 88 valence electrons. The largest absolute Gasteiger partial charge is 0.497 e. The summed E-state index contributed by atoms with van der Waals surface area (Å²) in [6.07, 6.45) is 0. The molecule has 0 spiro atoms. The van der Waals surface area contributed by atoms with Crippen molar-refractivity contribution in [3.05, 3.63) is 48.3 Å². The van der Waals surface area contributed by atoms with E-state index in [1.165, 1.54) is 6.07 Å². The van der Waals surface area contributed by atoms with E-state index >= 15 is 0 Å². The van der Waals surface area contributed by atoms with Crippen molar-refractivity contribution in [3.8, 4) is 5.75 Å². The van der Waals surface area contributed by atoms with E-state index in [-0.39, 0.29) is 5.82 Å². The zero-order valence-electron chi connectivity index (χ0n) is 9.41. The summed E-state index contributed by atoms with van der Waals surface area (Å²) in [5, 5.41) is 2.94. The van der Waals surface area contributed by atoms with Crippen molar-refractivity contribution in [1.82, 2.24) is 0 Å². The van der Waals surface area contributed by atoms with Crippen LogP contribution >= 0.6 is 0 Å². The van der Waals surface area contributed by atoms with Crippen molar-refractivity contribution in [2.75, 3.05) is 18.2 Å². The van der Waals surface area contributed by atoms with Gasteiger partial charge in [-0.1, -0.05) is 12.1 Å². The minimum Gasteiger partial charge on any atom is -0.497 e. The molecule has 0 atom stereocenters. The van der Waals surface area contributed by atoms with Crippen molar-refractivity contribution >= 4 is 17.1 Å². The molecule has 2 aromatic rings. The molecule has 17 heavy (non-hydrogen) atoms. The minimum absolute atomic E-state index is 0.324. The van der Waals surface area contributed by atoms with E-state index in [9.17, 15) is 4.39 Å². The lowest BCUT2D eigenvalue weighted by molar-refractivity contribution is 0.415. The van der Waals surface area contributed by atoms with Crippen molar-refractivity contribution < 1.29 is 9.13 Å². The topological polar surface area (TPSA) is 47.3 Å². The third-order valence-electron chi connectivity index (χ3n) is 2.40. The molecule has 0 amide bonds. The van der Waals surface area contributed by atoms with E-state index in [0.29, 0.717) is 22.8 Å². The maximum absolute atomic E-state index is 13.5. The highest BCUT2D eigenvalue weighted by atomic mass is 19.1. The van der Waals surface area contributed by atoms with E-state index in [4.69, 9.17) is 10.5 Å². The second-order valence-corrected chi connectivity index (χ2v) is 3.56. The molecule has 0 fully saturated rings. The Labute approximate surface area is 99.0 Å². The summed E-state index contributed by atoms with van der Waals surface area (Å²) in [6, 6.07) is 11.6. The highest BCUT2D eigenvalue weighted by Gasteiger charge is 2.05. The number of para-hydroxylation sites is 1. The van der Waals surface area contributed by atoms with Gasteiger partial charge in [-0.05, 0) is 24.3 Å². The van der Waals surface area contributed by atoms with E-state index in [1.54, 1.807) is 43.5 Å². The molecule has 0 heterocycles. The molecule has 4 heteroatoms. The van der Waals surface area contributed by atoms with Gasteiger partial charge in [0.15, 0.2) is 0 Å². The van der Waals surface area contributed by atoms with Gasteiger partial charge in [-0.2, -0.15) is 0 Å². The van der Waals surface area contributed by atoms with Gasteiger partial charge < -0.3 is 15.8 Å². The summed E-state index contributed by atoms with van der Waals surface area (Å²) in [7, 11) is 1.57. The van der Waals surface area contributed by atoms with Crippen LogP contribution in [0.1, 0.15) is 0 Å². The van der Waals surface area contributed by atoms with Crippen LogP contribution in [0.15, 0.2) is 42.5 Å². The minimum atomic E-state index is -0.324. The van der Waals surface area contributed by atoms with Crippen molar-refractivity contribution in [2.45, 2.75) is 0 Å². The van der Waals surface area contributed by atoms with Gasteiger partial charge in [0.25, 0.3) is 0 Å². The maximum Gasteiger partial charge on any atom is 0.146 e. The fraction of sp³-hybridized carbons (Fsp3) is 0.0769. The van der Waals surface area contributed by atoms with Crippen LogP contribution in [0.5, 0.6) is 5.75 Å². The Morgan fingerprint density at radius 2 is 1.88 bits per heavy atom. The van der Waals surface area contributed by atoms with Crippen LogP contribution in [0, 0.1) is 5.82 Å². The lowest BCUT2D eigenvalue weighted by Crippen LogP contribution is -1.98.